The monoisotopic (exact) mass is 383 g/mol. The first-order chi connectivity index (χ1) is 13.6. The first-order valence-corrected chi connectivity index (χ1v) is 9.33. The molecule has 0 unspecified atom stereocenters. The van der Waals surface area contributed by atoms with E-state index in [0.29, 0.717) is 36.9 Å². The molecule has 7 heteroatoms. The minimum Gasteiger partial charge on any atom is -0.481 e. The van der Waals surface area contributed by atoms with Crippen LogP contribution in [-0.2, 0) is 14.3 Å². The number of nitrogens with one attached hydrogen (secondary N) is 2. The summed E-state index contributed by atoms with van der Waals surface area (Å²) >= 11 is 0. The van der Waals surface area contributed by atoms with Crippen molar-refractivity contribution in [2.75, 3.05) is 43.5 Å². The van der Waals surface area contributed by atoms with Crippen molar-refractivity contribution in [3.8, 4) is 5.75 Å². The van der Waals surface area contributed by atoms with Crippen LogP contribution in [0, 0.1) is 0 Å². The van der Waals surface area contributed by atoms with Gasteiger partial charge in [0.15, 0.2) is 6.10 Å². The van der Waals surface area contributed by atoms with Crippen molar-refractivity contribution in [1.82, 2.24) is 4.90 Å². The van der Waals surface area contributed by atoms with Crippen LogP contribution >= 0.6 is 0 Å². The molecule has 0 radical (unpaired) electrons. The molecule has 3 rings (SSSR count). The van der Waals surface area contributed by atoms with Crippen molar-refractivity contribution in [3.05, 3.63) is 54.6 Å². The summed E-state index contributed by atoms with van der Waals surface area (Å²) in [5.41, 5.74) is 1.32. The first kappa shape index (κ1) is 19.9. The van der Waals surface area contributed by atoms with Crippen LogP contribution < -0.4 is 15.4 Å². The summed E-state index contributed by atoms with van der Waals surface area (Å²) < 4.78 is 10.9. The fourth-order valence-electron chi connectivity index (χ4n) is 2.80. The molecule has 0 spiro atoms. The quantitative estimate of drug-likeness (QED) is 0.767. The van der Waals surface area contributed by atoms with Crippen molar-refractivity contribution in [3.63, 3.8) is 0 Å². The number of benzene rings is 2. The molecule has 1 aliphatic heterocycles. The highest BCUT2D eigenvalue weighted by molar-refractivity contribution is 5.95. The summed E-state index contributed by atoms with van der Waals surface area (Å²) in [6.07, 6.45) is -0.629. The van der Waals surface area contributed by atoms with Crippen LogP contribution in [0.4, 0.5) is 11.4 Å². The van der Waals surface area contributed by atoms with Gasteiger partial charge in [0.05, 0.1) is 19.8 Å². The van der Waals surface area contributed by atoms with E-state index in [1.165, 1.54) is 0 Å². The van der Waals surface area contributed by atoms with Crippen molar-refractivity contribution >= 4 is 23.2 Å². The van der Waals surface area contributed by atoms with Crippen LogP contribution in [0.25, 0.3) is 0 Å². The predicted molar refractivity (Wildman–Crippen MR) is 107 cm³/mol. The lowest BCUT2D eigenvalue weighted by molar-refractivity contribution is -0.122. The Bertz CT molecular complexity index is 774. The lowest BCUT2D eigenvalue weighted by atomic mass is 10.2. The van der Waals surface area contributed by atoms with Crippen LogP contribution in [-0.4, -0.2) is 55.7 Å². The number of hydrogen-bond donors (Lipinski definition) is 2. The zero-order valence-corrected chi connectivity index (χ0v) is 15.9. The Morgan fingerprint density at radius 3 is 2.25 bits per heavy atom. The number of morpholine rings is 1. The highest BCUT2D eigenvalue weighted by Crippen LogP contribution is 2.16. The van der Waals surface area contributed by atoms with E-state index in [1.54, 1.807) is 43.3 Å². The van der Waals surface area contributed by atoms with Gasteiger partial charge in [0.25, 0.3) is 5.91 Å². The molecule has 7 nitrogen and oxygen atoms in total. The number of hydrogen-bond acceptors (Lipinski definition) is 5. The summed E-state index contributed by atoms with van der Waals surface area (Å²) in [5.74, 6) is 0.333. The van der Waals surface area contributed by atoms with E-state index in [1.807, 2.05) is 18.2 Å². The Morgan fingerprint density at radius 2 is 1.61 bits per heavy atom. The van der Waals surface area contributed by atoms with Gasteiger partial charge in [-0.1, -0.05) is 18.2 Å². The van der Waals surface area contributed by atoms with Crippen LogP contribution in [0.2, 0.25) is 0 Å². The molecule has 1 atom stereocenters. The first-order valence-electron chi connectivity index (χ1n) is 9.33. The Kier molecular flexibility index (Phi) is 7.00. The number of ether oxygens (including phenoxy) is 2. The van der Waals surface area contributed by atoms with E-state index < -0.39 is 6.10 Å². The molecule has 28 heavy (non-hydrogen) atoms. The van der Waals surface area contributed by atoms with Gasteiger partial charge >= 0.3 is 0 Å². The molecule has 2 aromatic carbocycles. The fraction of sp³-hybridized carbons (Fsp3) is 0.333. The summed E-state index contributed by atoms with van der Waals surface area (Å²) in [5, 5.41) is 5.68. The molecule has 2 N–H and O–H groups in total. The minimum absolute atomic E-state index is 0.0661. The van der Waals surface area contributed by atoms with Gasteiger partial charge in [-0.25, -0.2) is 0 Å². The maximum Gasteiger partial charge on any atom is 0.265 e. The summed E-state index contributed by atoms with van der Waals surface area (Å²) in [6, 6.07) is 16.2. The number of para-hydroxylation sites is 1. The predicted octanol–water partition coefficient (Wildman–Crippen LogP) is 2.36. The van der Waals surface area contributed by atoms with E-state index in [0.717, 1.165) is 13.1 Å². The average Bonchev–Trinajstić information content (AvgIpc) is 2.71. The van der Waals surface area contributed by atoms with Gasteiger partial charge in [-0.3, -0.25) is 14.5 Å². The molecule has 0 saturated carbocycles. The minimum atomic E-state index is -0.629. The molecule has 1 aliphatic rings. The third kappa shape index (κ3) is 6.07. The fourth-order valence-corrected chi connectivity index (χ4v) is 2.80. The lowest BCUT2D eigenvalue weighted by Gasteiger charge is -2.25. The number of amides is 2. The SMILES string of the molecule is C[C@H](Oc1ccccc1)C(=O)Nc1ccc(NC(=O)CN2CCOCC2)cc1. The van der Waals surface area contributed by atoms with Crippen LogP contribution in [0.1, 0.15) is 6.92 Å². The van der Waals surface area contributed by atoms with Gasteiger partial charge in [-0.2, -0.15) is 0 Å². The van der Waals surface area contributed by atoms with E-state index in [-0.39, 0.29) is 11.8 Å². The highest BCUT2D eigenvalue weighted by atomic mass is 16.5. The molecule has 2 aromatic rings. The van der Waals surface area contributed by atoms with E-state index in [4.69, 9.17) is 9.47 Å². The van der Waals surface area contributed by atoms with Gasteiger partial charge in [-0.05, 0) is 43.3 Å². The average molecular weight is 383 g/mol. The van der Waals surface area contributed by atoms with Gasteiger partial charge < -0.3 is 20.1 Å². The smallest absolute Gasteiger partial charge is 0.265 e. The van der Waals surface area contributed by atoms with Crippen LogP contribution in [0.5, 0.6) is 5.75 Å². The van der Waals surface area contributed by atoms with E-state index in [9.17, 15) is 9.59 Å². The van der Waals surface area contributed by atoms with Crippen LogP contribution in [0.3, 0.4) is 0 Å². The van der Waals surface area contributed by atoms with Crippen molar-refractivity contribution < 1.29 is 19.1 Å². The zero-order valence-electron chi connectivity index (χ0n) is 15.9. The molecule has 0 bridgehead atoms. The standard InChI is InChI=1S/C21H25N3O4/c1-16(28-19-5-3-2-4-6-19)21(26)23-18-9-7-17(8-10-18)22-20(25)15-24-11-13-27-14-12-24/h2-10,16H,11-15H2,1H3,(H,22,25)(H,23,26)/t16-/m0/s1. The number of anilines is 2. The summed E-state index contributed by atoms with van der Waals surface area (Å²) in [7, 11) is 0. The maximum atomic E-state index is 12.3. The lowest BCUT2D eigenvalue weighted by Crippen LogP contribution is -2.41. The second kappa shape index (κ2) is 9.87. The normalized spacial score (nSPS) is 15.5. The van der Waals surface area contributed by atoms with Gasteiger partial charge in [0, 0.05) is 24.5 Å². The zero-order chi connectivity index (χ0) is 19.8. The Morgan fingerprint density at radius 1 is 1.00 bits per heavy atom. The molecule has 148 valence electrons. The molecule has 2 amide bonds. The summed E-state index contributed by atoms with van der Waals surface area (Å²) in [4.78, 5) is 26.5. The second-order valence-corrected chi connectivity index (χ2v) is 6.58. The number of nitrogens with zero attached hydrogens (tertiary/aromatic N) is 1. The summed E-state index contributed by atoms with van der Waals surface area (Å²) in [6.45, 7) is 4.89. The van der Waals surface area contributed by atoms with Crippen molar-refractivity contribution in [1.29, 1.82) is 0 Å². The van der Waals surface area contributed by atoms with Gasteiger partial charge in [0.2, 0.25) is 5.91 Å². The third-order valence-corrected chi connectivity index (χ3v) is 4.33. The second-order valence-electron chi connectivity index (χ2n) is 6.58. The third-order valence-electron chi connectivity index (χ3n) is 4.33. The Hall–Kier alpha value is -2.90. The van der Waals surface area contributed by atoms with Gasteiger partial charge in [0.1, 0.15) is 5.75 Å². The molecule has 1 heterocycles. The molecule has 0 aliphatic carbocycles. The molecular weight excluding hydrogens is 358 g/mol. The van der Waals surface area contributed by atoms with Crippen molar-refractivity contribution in [2.24, 2.45) is 0 Å². The number of carbonyl (C=O) groups excluding carboxylic acids is 2. The largest absolute Gasteiger partial charge is 0.481 e. The molecule has 0 aromatic heterocycles. The van der Waals surface area contributed by atoms with Crippen molar-refractivity contribution in [2.45, 2.75) is 13.0 Å². The molecule has 1 fully saturated rings. The molecule has 1 saturated heterocycles. The maximum absolute atomic E-state index is 12.3. The highest BCUT2D eigenvalue weighted by Gasteiger charge is 2.16. The number of carbonyl (C=O) groups is 2. The number of rotatable bonds is 7. The Balaban J connectivity index is 1.46. The Labute approximate surface area is 164 Å². The van der Waals surface area contributed by atoms with Gasteiger partial charge in [-0.15, -0.1) is 0 Å². The van der Waals surface area contributed by atoms with E-state index in [2.05, 4.69) is 15.5 Å². The topological polar surface area (TPSA) is 79.9 Å². The molecular formula is C21H25N3O4. The van der Waals surface area contributed by atoms with Crippen LogP contribution in [0.15, 0.2) is 54.6 Å². The van der Waals surface area contributed by atoms with E-state index >= 15 is 0 Å².